The van der Waals surface area contributed by atoms with Gasteiger partial charge in [0.1, 0.15) is 11.5 Å². The van der Waals surface area contributed by atoms with E-state index >= 15 is 0 Å². The molecule has 2 N–H and O–H groups in total. The normalized spacial score (nSPS) is 10.8. The molecule has 3 aromatic rings. The molecule has 0 aliphatic carbocycles. The number of aromatic hydroxyl groups is 1. The van der Waals surface area contributed by atoms with Crippen LogP contribution in [0.5, 0.6) is 5.75 Å². The highest BCUT2D eigenvalue weighted by Crippen LogP contribution is 2.31. The number of nitrogens with one attached hydrogen (secondary N) is 1. The van der Waals surface area contributed by atoms with Crippen molar-refractivity contribution in [3.8, 4) is 17.1 Å². The Hall–Kier alpha value is -3.94. The van der Waals surface area contributed by atoms with Crippen molar-refractivity contribution >= 4 is 17.8 Å². The van der Waals surface area contributed by atoms with Gasteiger partial charge in [0, 0.05) is 12.1 Å². The van der Waals surface area contributed by atoms with Crippen LogP contribution in [0.4, 0.5) is 5.69 Å². The summed E-state index contributed by atoms with van der Waals surface area (Å²) in [5, 5.41) is 24.3. The topological polar surface area (TPSA) is 118 Å². The van der Waals surface area contributed by atoms with Crippen LogP contribution in [0.2, 0.25) is 0 Å². The fraction of sp³-hybridized carbons (Fsp3) is 0. The number of nitrogens with zero attached hydrogens (tertiary/aromatic N) is 2. The van der Waals surface area contributed by atoms with E-state index in [1.807, 2.05) is 0 Å². The monoisotopic (exact) mass is 351 g/mol. The first-order valence-electron chi connectivity index (χ1n) is 7.50. The summed E-state index contributed by atoms with van der Waals surface area (Å²) in [6.45, 7) is 0. The Bertz CT molecular complexity index is 977. The van der Waals surface area contributed by atoms with Gasteiger partial charge in [-0.1, -0.05) is 12.1 Å². The van der Waals surface area contributed by atoms with Gasteiger partial charge in [-0.25, -0.2) is 5.43 Å². The lowest BCUT2D eigenvalue weighted by molar-refractivity contribution is -0.384. The zero-order chi connectivity index (χ0) is 18.5. The Kier molecular flexibility index (Phi) is 4.75. The van der Waals surface area contributed by atoms with Crippen LogP contribution in [0.25, 0.3) is 11.3 Å². The fourth-order valence-corrected chi connectivity index (χ4v) is 2.27. The van der Waals surface area contributed by atoms with Crippen LogP contribution in [0.3, 0.4) is 0 Å². The first-order chi connectivity index (χ1) is 12.6. The second-order valence-corrected chi connectivity index (χ2v) is 5.23. The van der Waals surface area contributed by atoms with E-state index < -0.39 is 10.8 Å². The quantitative estimate of drug-likeness (QED) is 0.415. The smallest absolute Gasteiger partial charge is 0.275 e. The number of phenols is 1. The Balaban J connectivity index is 1.72. The van der Waals surface area contributed by atoms with Crippen LogP contribution < -0.4 is 5.43 Å². The van der Waals surface area contributed by atoms with Crippen LogP contribution in [0.15, 0.2) is 70.4 Å². The van der Waals surface area contributed by atoms with Crippen molar-refractivity contribution in [1.29, 1.82) is 0 Å². The second kappa shape index (κ2) is 7.31. The van der Waals surface area contributed by atoms with E-state index in [0.29, 0.717) is 11.1 Å². The van der Waals surface area contributed by atoms with Crippen molar-refractivity contribution < 1.29 is 19.2 Å². The minimum absolute atomic E-state index is 0.00844. The first kappa shape index (κ1) is 16.9. The number of phenolic OH excluding ortho intramolecular Hbond substituents is 1. The number of furan rings is 1. The lowest BCUT2D eigenvalue weighted by Gasteiger charge is -2.04. The molecule has 2 aromatic carbocycles. The van der Waals surface area contributed by atoms with Crippen molar-refractivity contribution in [1.82, 2.24) is 5.43 Å². The minimum atomic E-state index is -0.518. The van der Waals surface area contributed by atoms with Gasteiger partial charge < -0.3 is 9.52 Å². The maximum atomic E-state index is 12.3. The summed E-state index contributed by atoms with van der Waals surface area (Å²) in [7, 11) is 0. The van der Waals surface area contributed by atoms with Gasteiger partial charge in [0.2, 0.25) is 0 Å². The summed E-state index contributed by atoms with van der Waals surface area (Å²) in [5.74, 6) is -0.299. The fourth-order valence-electron chi connectivity index (χ4n) is 2.27. The average Bonchev–Trinajstić information content (AvgIpc) is 3.12. The summed E-state index contributed by atoms with van der Waals surface area (Å²) in [4.78, 5) is 22.4. The number of amides is 1. The van der Waals surface area contributed by atoms with E-state index in [1.165, 1.54) is 48.9 Å². The molecule has 26 heavy (non-hydrogen) atoms. The summed E-state index contributed by atoms with van der Waals surface area (Å²) in [6, 6.07) is 13.7. The maximum absolute atomic E-state index is 12.3. The number of nitro groups is 1. The molecule has 8 heteroatoms. The van der Waals surface area contributed by atoms with Gasteiger partial charge in [0.15, 0.2) is 0 Å². The summed E-state index contributed by atoms with van der Waals surface area (Å²) >= 11 is 0. The standard InChI is InChI=1S/C18H13N3O5/c22-16-4-2-1-3-14(16)17-15(9-10-26-17)18(23)20-19-11-12-5-7-13(8-6-12)21(24)25/h1-11,22H,(H,20,23)/b19-11+. The number of carbonyl (C=O) groups excluding carboxylic acids is 1. The summed E-state index contributed by atoms with van der Waals surface area (Å²) in [5.41, 5.74) is 3.52. The number of non-ortho nitro benzene ring substituents is 1. The molecule has 0 aliphatic heterocycles. The van der Waals surface area contributed by atoms with Crippen LogP contribution >= 0.6 is 0 Å². The molecule has 0 saturated heterocycles. The van der Waals surface area contributed by atoms with Gasteiger partial charge in [-0.05, 0) is 35.9 Å². The van der Waals surface area contributed by atoms with E-state index in [2.05, 4.69) is 10.5 Å². The van der Waals surface area contributed by atoms with Crippen molar-refractivity contribution in [3.63, 3.8) is 0 Å². The SMILES string of the molecule is O=C(N/N=C/c1ccc([N+](=O)[O-])cc1)c1ccoc1-c1ccccc1O. The number of nitro benzene ring substituents is 1. The maximum Gasteiger partial charge on any atom is 0.275 e. The zero-order valence-corrected chi connectivity index (χ0v) is 13.3. The number of carbonyl (C=O) groups is 1. The lowest BCUT2D eigenvalue weighted by atomic mass is 10.1. The molecule has 0 bridgehead atoms. The van der Waals surface area contributed by atoms with Crippen molar-refractivity contribution in [3.05, 3.63) is 82.1 Å². The molecule has 0 fully saturated rings. The minimum Gasteiger partial charge on any atom is -0.507 e. The van der Waals surface area contributed by atoms with E-state index in [0.717, 1.165) is 0 Å². The summed E-state index contributed by atoms with van der Waals surface area (Å²) < 4.78 is 5.32. The van der Waals surface area contributed by atoms with Crippen molar-refractivity contribution in [2.75, 3.05) is 0 Å². The summed E-state index contributed by atoms with van der Waals surface area (Å²) in [6.07, 6.45) is 2.71. The van der Waals surface area contributed by atoms with E-state index in [-0.39, 0.29) is 22.8 Å². The third kappa shape index (κ3) is 3.59. The van der Waals surface area contributed by atoms with Gasteiger partial charge in [-0.3, -0.25) is 14.9 Å². The van der Waals surface area contributed by atoms with Gasteiger partial charge in [0.25, 0.3) is 11.6 Å². The number of hydrogen-bond acceptors (Lipinski definition) is 6. The Morgan fingerprint density at radius 1 is 1.15 bits per heavy atom. The predicted octanol–water partition coefficient (Wildman–Crippen LogP) is 3.32. The van der Waals surface area contributed by atoms with Gasteiger partial charge in [-0.15, -0.1) is 0 Å². The number of rotatable bonds is 5. The molecule has 0 unspecified atom stereocenters. The molecule has 0 radical (unpaired) electrons. The first-order valence-corrected chi connectivity index (χ1v) is 7.50. The Morgan fingerprint density at radius 2 is 1.88 bits per heavy atom. The molecule has 130 valence electrons. The number of hydrogen-bond donors (Lipinski definition) is 2. The molecule has 3 rings (SSSR count). The van der Waals surface area contributed by atoms with E-state index in [9.17, 15) is 20.0 Å². The lowest BCUT2D eigenvalue weighted by Crippen LogP contribution is -2.17. The number of hydrazone groups is 1. The zero-order valence-electron chi connectivity index (χ0n) is 13.3. The largest absolute Gasteiger partial charge is 0.507 e. The predicted molar refractivity (Wildman–Crippen MR) is 94.0 cm³/mol. The molecular weight excluding hydrogens is 338 g/mol. The van der Waals surface area contributed by atoms with Crippen LogP contribution in [-0.4, -0.2) is 22.2 Å². The Morgan fingerprint density at radius 3 is 2.58 bits per heavy atom. The highest BCUT2D eigenvalue weighted by Gasteiger charge is 2.18. The van der Waals surface area contributed by atoms with Crippen molar-refractivity contribution in [2.45, 2.75) is 0 Å². The molecule has 0 saturated carbocycles. The molecule has 0 aliphatic rings. The Labute approximate surface area is 147 Å². The number of para-hydroxylation sites is 1. The molecule has 8 nitrogen and oxygen atoms in total. The van der Waals surface area contributed by atoms with Crippen LogP contribution in [-0.2, 0) is 0 Å². The molecule has 1 aromatic heterocycles. The molecule has 1 amide bonds. The number of benzene rings is 2. The average molecular weight is 351 g/mol. The van der Waals surface area contributed by atoms with Gasteiger partial charge in [0.05, 0.1) is 28.5 Å². The molecule has 1 heterocycles. The third-order valence-corrected chi connectivity index (χ3v) is 3.54. The molecule has 0 atom stereocenters. The van der Waals surface area contributed by atoms with Gasteiger partial charge >= 0.3 is 0 Å². The highest BCUT2D eigenvalue weighted by atomic mass is 16.6. The third-order valence-electron chi connectivity index (χ3n) is 3.54. The van der Waals surface area contributed by atoms with E-state index in [4.69, 9.17) is 4.42 Å². The van der Waals surface area contributed by atoms with E-state index in [1.54, 1.807) is 18.2 Å². The molecule has 0 spiro atoms. The van der Waals surface area contributed by atoms with Crippen molar-refractivity contribution in [2.24, 2.45) is 5.10 Å². The molecular formula is C18H13N3O5. The highest BCUT2D eigenvalue weighted by molar-refractivity contribution is 6.00. The van der Waals surface area contributed by atoms with Crippen LogP contribution in [0, 0.1) is 10.1 Å². The second-order valence-electron chi connectivity index (χ2n) is 5.23. The van der Waals surface area contributed by atoms with Crippen LogP contribution in [0.1, 0.15) is 15.9 Å². The van der Waals surface area contributed by atoms with Gasteiger partial charge in [-0.2, -0.15) is 5.10 Å².